The minimum atomic E-state index is -4.77. The molecule has 0 aliphatic rings. The molecule has 160 valence electrons. The van der Waals surface area contributed by atoms with Crippen LogP contribution in [0.1, 0.15) is 18.1 Å². The van der Waals surface area contributed by atoms with Crippen molar-refractivity contribution in [2.45, 2.75) is 25.9 Å². The molecule has 0 unspecified atom stereocenters. The van der Waals surface area contributed by atoms with E-state index in [2.05, 4.69) is 10.1 Å². The number of ether oxygens (including phenoxy) is 3. The minimum absolute atomic E-state index is 0.160. The zero-order valence-electron chi connectivity index (χ0n) is 16.2. The fourth-order valence-electron chi connectivity index (χ4n) is 2.27. The van der Waals surface area contributed by atoms with E-state index in [0.717, 1.165) is 17.7 Å². The minimum Gasteiger partial charge on any atom is -0.497 e. The number of carbonyl (C=O) groups excluding carboxylic acids is 2. The van der Waals surface area contributed by atoms with Crippen LogP contribution in [0, 0.1) is 0 Å². The Morgan fingerprint density at radius 1 is 1.03 bits per heavy atom. The fraction of sp³-hybridized carbons (Fsp3) is 0.238. The summed E-state index contributed by atoms with van der Waals surface area (Å²) in [6, 6.07) is 11.0. The van der Waals surface area contributed by atoms with E-state index in [-0.39, 0.29) is 12.4 Å². The van der Waals surface area contributed by atoms with Crippen molar-refractivity contribution in [3.63, 3.8) is 0 Å². The Bertz CT molecular complexity index is 877. The number of alkyl halides is 3. The van der Waals surface area contributed by atoms with E-state index in [1.807, 2.05) is 0 Å². The van der Waals surface area contributed by atoms with Crippen LogP contribution < -0.4 is 14.8 Å². The van der Waals surface area contributed by atoms with Gasteiger partial charge in [-0.05, 0) is 48.4 Å². The quantitative estimate of drug-likeness (QED) is 0.516. The van der Waals surface area contributed by atoms with Gasteiger partial charge in [-0.3, -0.25) is 4.79 Å². The number of rotatable bonds is 8. The van der Waals surface area contributed by atoms with Gasteiger partial charge in [0.2, 0.25) is 5.91 Å². The summed E-state index contributed by atoms with van der Waals surface area (Å²) in [6.45, 7) is 1.30. The molecule has 0 heterocycles. The molecule has 2 rings (SSSR count). The van der Waals surface area contributed by atoms with Gasteiger partial charge >= 0.3 is 12.3 Å². The standard InChI is InChI=1S/C21H20F3NO5/c1-14(25-19(26)12-7-15-3-8-17(28-2)9-4-15)20(27)29-13-16-5-10-18(11-6-16)30-21(22,23)24/h3-12,14H,13H2,1-2H3,(H,25,26)/b12-7+/t14-/m0/s1. The topological polar surface area (TPSA) is 73.9 Å². The summed E-state index contributed by atoms with van der Waals surface area (Å²) in [5.41, 5.74) is 1.25. The first-order valence-corrected chi connectivity index (χ1v) is 8.80. The number of esters is 1. The molecule has 0 aromatic heterocycles. The van der Waals surface area contributed by atoms with Crippen LogP contribution in [0.4, 0.5) is 13.2 Å². The summed E-state index contributed by atoms with van der Waals surface area (Å²) in [5.74, 6) is -0.849. The second-order valence-electron chi connectivity index (χ2n) is 6.14. The Kier molecular flexibility index (Phi) is 7.85. The molecule has 0 spiro atoms. The monoisotopic (exact) mass is 423 g/mol. The third-order valence-corrected chi connectivity index (χ3v) is 3.79. The van der Waals surface area contributed by atoms with Gasteiger partial charge in [0.05, 0.1) is 7.11 Å². The van der Waals surface area contributed by atoms with E-state index < -0.39 is 24.3 Å². The molecule has 0 bridgehead atoms. The molecule has 1 N–H and O–H groups in total. The molecule has 9 heteroatoms. The predicted molar refractivity (Wildman–Crippen MR) is 103 cm³/mol. The normalized spacial score (nSPS) is 12.3. The Balaban J connectivity index is 1.79. The largest absolute Gasteiger partial charge is 0.573 e. The lowest BCUT2D eigenvalue weighted by Crippen LogP contribution is -2.38. The van der Waals surface area contributed by atoms with Gasteiger partial charge in [0.15, 0.2) is 0 Å². The van der Waals surface area contributed by atoms with Crippen molar-refractivity contribution in [3.05, 3.63) is 65.7 Å². The number of hydrogen-bond donors (Lipinski definition) is 1. The van der Waals surface area contributed by atoms with E-state index in [1.165, 1.54) is 25.1 Å². The number of amides is 1. The van der Waals surface area contributed by atoms with Crippen molar-refractivity contribution in [2.24, 2.45) is 0 Å². The van der Waals surface area contributed by atoms with E-state index in [4.69, 9.17) is 9.47 Å². The molecule has 0 aliphatic heterocycles. The predicted octanol–water partition coefficient (Wildman–Crippen LogP) is 3.86. The van der Waals surface area contributed by atoms with E-state index >= 15 is 0 Å². The average molecular weight is 423 g/mol. The number of halogens is 3. The molecule has 6 nitrogen and oxygen atoms in total. The van der Waals surface area contributed by atoms with Gasteiger partial charge in [0.25, 0.3) is 0 Å². The second kappa shape index (κ2) is 10.3. The molecule has 2 aromatic carbocycles. The first kappa shape index (κ1) is 22.8. The first-order chi connectivity index (χ1) is 14.2. The second-order valence-corrected chi connectivity index (χ2v) is 6.14. The van der Waals surface area contributed by atoms with E-state index in [0.29, 0.717) is 11.3 Å². The highest BCUT2D eigenvalue weighted by Gasteiger charge is 2.30. The molecule has 30 heavy (non-hydrogen) atoms. The molecule has 0 aliphatic carbocycles. The summed E-state index contributed by atoms with van der Waals surface area (Å²) in [6.07, 6.45) is -1.91. The average Bonchev–Trinajstić information content (AvgIpc) is 2.70. The number of carbonyl (C=O) groups is 2. The lowest BCUT2D eigenvalue weighted by molar-refractivity contribution is -0.274. The molecule has 0 saturated carbocycles. The Labute approximate surface area is 171 Å². The third kappa shape index (κ3) is 7.86. The van der Waals surface area contributed by atoms with Gasteiger partial charge in [-0.2, -0.15) is 0 Å². The highest BCUT2D eigenvalue weighted by molar-refractivity contribution is 5.94. The maximum absolute atomic E-state index is 12.1. The Morgan fingerprint density at radius 2 is 1.63 bits per heavy atom. The van der Waals surface area contributed by atoms with Gasteiger partial charge in [-0.25, -0.2) is 4.79 Å². The SMILES string of the molecule is COc1ccc(/C=C/C(=O)N[C@@H](C)C(=O)OCc2ccc(OC(F)(F)F)cc2)cc1. The van der Waals surface area contributed by atoms with Crippen LogP contribution in [0.5, 0.6) is 11.5 Å². The van der Waals surface area contributed by atoms with Crippen molar-refractivity contribution >= 4 is 18.0 Å². The van der Waals surface area contributed by atoms with Crippen LogP contribution in [0.2, 0.25) is 0 Å². The van der Waals surface area contributed by atoms with Gasteiger partial charge in [0, 0.05) is 6.08 Å². The number of hydrogen-bond acceptors (Lipinski definition) is 5. The van der Waals surface area contributed by atoms with Crippen LogP contribution >= 0.6 is 0 Å². The van der Waals surface area contributed by atoms with E-state index in [1.54, 1.807) is 37.5 Å². The molecule has 1 amide bonds. The smallest absolute Gasteiger partial charge is 0.497 e. The molecular formula is C21H20F3NO5. The third-order valence-electron chi connectivity index (χ3n) is 3.79. The van der Waals surface area contributed by atoms with Gasteiger partial charge in [0.1, 0.15) is 24.1 Å². The van der Waals surface area contributed by atoms with Gasteiger partial charge in [-0.15, -0.1) is 13.2 Å². The molecule has 0 fully saturated rings. The number of benzene rings is 2. The fourth-order valence-corrected chi connectivity index (χ4v) is 2.27. The van der Waals surface area contributed by atoms with Crippen LogP contribution in [0.15, 0.2) is 54.6 Å². The number of nitrogens with one attached hydrogen (secondary N) is 1. The maximum atomic E-state index is 12.1. The highest BCUT2D eigenvalue weighted by atomic mass is 19.4. The summed E-state index contributed by atoms with van der Waals surface area (Å²) in [5, 5.41) is 2.47. The van der Waals surface area contributed by atoms with Gasteiger partial charge < -0.3 is 19.5 Å². The van der Waals surface area contributed by atoms with E-state index in [9.17, 15) is 22.8 Å². The summed E-state index contributed by atoms with van der Waals surface area (Å²) in [4.78, 5) is 23.9. The van der Waals surface area contributed by atoms with Crippen molar-refractivity contribution < 1.29 is 37.0 Å². The Hall–Kier alpha value is -3.49. The van der Waals surface area contributed by atoms with Crippen LogP contribution in [0.3, 0.4) is 0 Å². The zero-order chi connectivity index (χ0) is 22.1. The highest BCUT2D eigenvalue weighted by Crippen LogP contribution is 2.22. The molecule has 0 radical (unpaired) electrons. The van der Waals surface area contributed by atoms with Crippen molar-refractivity contribution in [1.29, 1.82) is 0 Å². The molecule has 0 saturated heterocycles. The first-order valence-electron chi connectivity index (χ1n) is 8.80. The molecular weight excluding hydrogens is 403 g/mol. The summed E-state index contributed by atoms with van der Waals surface area (Å²) < 4.78 is 50.3. The van der Waals surface area contributed by atoms with Crippen LogP contribution in [-0.4, -0.2) is 31.4 Å². The zero-order valence-corrected chi connectivity index (χ0v) is 16.2. The van der Waals surface area contributed by atoms with Crippen LogP contribution in [0.25, 0.3) is 6.08 Å². The summed E-state index contributed by atoms with van der Waals surface area (Å²) >= 11 is 0. The van der Waals surface area contributed by atoms with Crippen molar-refractivity contribution in [3.8, 4) is 11.5 Å². The van der Waals surface area contributed by atoms with Crippen LogP contribution in [-0.2, 0) is 20.9 Å². The Morgan fingerprint density at radius 3 is 2.20 bits per heavy atom. The molecule has 1 atom stereocenters. The van der Waals surface area contributed by atoms with Crippen molar-refractivity contribution in [2.75, 3.05) is 7.11 Å². The van der Waals surface area contributed by atoms with Gasteiger partial charge in [-0.1, -0.05) is 24.3 Å². The summed E-state index contributed by atoms with van der Waals surface area (Å²) in [7, 11) is 1.55. The van der Waals surface area contributed by atoms with Crippen molar-refractivity contribution in [1.82, 2.24) is 5.32 Å². The maximum Gasteiger partial charge on any atom is 0.573 e. The lowest BCUT2D eigenvalue weighted by atomic mass is 10.2. The lowest BCUT2D eigenvalue weighted by Gasteiger charge is -2.13. The number of methoxy groups -OCH3 is 1. The molecule has 2 aromatic rings.